The van der Waals surface area contributed by atoms with Crippen molar-refractivity contribution in [3.05, 3.63) is 64.1 Å². The molecular weight excluding hydrogens is 388 g/mol. The number of carbonyl (C=O) groups excluding carboxylic acids is 1. The van der Waals surface area contributed by atoms with Gasteiger partial charge in [-0.05, 0) is 60.4 Å². The second-order valence-corrected chi connectivity index (χ2v) is 8.44. The Bertz CT molecular complexity index is 791. The maximum absolute atomic E-state index is 12.4. The summed E-state index contributed by atoms with van der Waals surface area (Å²) in [5.74, 6) is 1.13. The quantitative estimate of drug-likeness (QED) is 0.782. The van der Waals surface area contributed by atoms with Crippen molar-refractivity contribution in [2.45, 2.75) is 31.6 Å². The number of hydrogen-bond donors (Lipinski definition) is 1. The molecule has 3 nitrogen and oxygen atoms in total. The second-order valence-electron chi connectivity index (χ2n) is 7.52. The smallest absolute Gasteiger partial charge is 0.220 e. The lowest BCUT2D eigenvalue weighted by Gasteiger charge is -2.19. The SMILES string of the molecule is O=C(CC1CCc2ccccc21)NCC1CCN(c2cccc(Br)c2)C1. The maximum Gasteiger partial charge on any atom is 0.220 e. The van der Waals surface area contributed by atoms with Crippen LogP contribution >= 0.6 is 15.9 Å². The Hall–Kier alpha value is -1.81. The number of amides is 1. The molecule has 1 heterocycles. The normalized spacial score (nSPS) is 21.7. The van der Waals surface area contributed by atoms with Gasteiger partial charge in [-0.3, -0.25) is 4.79 Å². The molecule has 2 aromatic carbocycles. The van der Waals surface area contributed by atoms with Crippen LogP contribution in [0, 0.1) is 5.92 Å². The zero-order valence-electron chi connectivity index (χ0n) is 15.0. The molecule has 2 aliphatic rings. The van der Waals surface area contributed by atoms with E-state index in [4.69, 9.17) is 0 Å². The molecule has 136 valence electrons. The number of anilines is 1. The molecular formula is C22H25BrN2O. The molecule has 0 spiro atoms. The van der Waals surface area contributed by atoms with E-state index in [1.54, 1.807) is 0 Å². The average Bonchev–Trinajstić information content (AvgIpc) is 3.28. The van der Waals surface area contributed by atoms with Gasteiger partial charge in [0.15, 0.2) is 0 Å². The minimum Gasteiger partial charge on any atom is -0.371 e. The highest BCUT2D eigenvalue weighted by Gasteiger charge is 2.26. The van der Waals surface area contributed by atoms with E-state index in [2.05, 4.69) is 74.7 Å². The molecule has 1 aliphatic heterocycles. The average molecular weight is 413 g/mol. The summed E-state index contributed by atoms with van der Waals surface area (Å²) in [6.07, 6.45) is 3.98. The summed E-state index contributed by atoms with van der Waals surface area (Å²) >= 11 is 3.54. The van der Waals surface area contributed by atoms with Crippen LogP contribution in [-0.2, 0) is 11.2 Å². The summed E-state index contributed by atoms with van der Waals surface area (Å²) in [6, 6.07) is 17.0. The van der Waals surface area contributed by atoms with Crippen molar-refractivity contribution in [2.75, 3.05) is 24.5 Å². The lowest BCUT2D eigenvalue weighted by atomic mass is 9.97. The molecule has 2 atom stereocenters. The number of hydrogen-bond acceptors (Lipinski definition) is 2. The van der Waals surface area contributed by atoms with Crippen LogP contribution in [0.1, 0.15) is 36.3 Å². The van der Waals surface area contributed by atoms with Gasteiger partial charge in [0.1, 0.15) is 0 Å². The summed E-state index contributed by atoms with van der Waals surface area (Å²) < 4.78 is 1.11. The Morgan fingerprint density at radius 2 is 2.04 bits per heavy atom. The van der Waals surface area contributed by atoms with E-state index in [1.807, 2.05) is 0 Å². The van der Waals surface area contributed by atoms with Gasteiger partial charge in [0.2, 0.25) is 5.91 Å². The lowest BCUT2D eigenvalue weighted by Crippen LogP contribution is -2.31. The summed E-state index contributed by atoms with van der Waals surface area (Å²) in [4.78, 5) is 14.8. The van der Waals surface area contributed by atoms with Crippen LogP contribution in [0.2, 0.25) is 0 Å². The number of benzene rings is 2. The predicted octanol–water partition coefficient (Wildman–Crippen LogP) is 4.51. The van der Waals surface area contributed by atoms with Crippen LogP contribution in [0.3, 0.4) is 0 Å². The molecule has 2 unspecified atom stereocenters. The lowest BCUT2D eigenvalue weighted by molar-refractivity contribution is -0.121. The second kappa shape index (κ2) is 7.83. The standard InChI is InChI=1S/C22H25BrN2O/c23-19-5-3-6-20(13-19)25-11-10-16(15-25)14-24-22(26)12-18-9-8-17-4-1-2-7-21(17)18/h1-7,13,16,18H,8-12,14-15H2,(H,24,26). The molecule has 0 bridgehead atoms. The zero-order chi connectivity index (χ0) is 17.9. The predicted molar refractivity (Wildman–Crippen MR) is 110 cm³/mol. The molecule has 1 aliphatic carbocycles. The van der Waals surface area contributed by atoms with E-state index in [0.29, 0.717) is 18.3 Å². The third-order valence-corrected chi connectivity index (χ3v) is 6.23. The highest BCUT2D eigenvalue weighted by molar-refractivity contribution is 9.10. The van der Waals surface area contributed by atoms with Gasteiger partial charge in [0.25, 0.3) is 0 Å². The van der Waals surface area contributed by atoms with Crippen molar-refractivity contribution in [3.63, 3.8) is 0 Å². The Morgan fingerprint density at radius 3 is 2.92 bits per heavy atom. The largest absolute Gasteiger partial charge is 0.371 e. The van der Waals surface area contributed by atoms with E-state index >= 15 is 0 Å². The van der Waals surface area contributed by atoms with Gasteiger partial charge >= 0.3 is 0 Å². The van der Waals surface area contributed by atoms with E-state index in [9.17, 15) is 4.79 Å². The van der Waals surface area contributed by atoms with Gasteiger partial charge in [-0.25, -0.2) is 0 Å². The van der Waals surface area contributed by atoms with Crippen LogP contribution in [0.25, 0.3) is 0 Å². The summed E-state index contributed by atoms with van der Waals surface area (Å²) in [5.41, 5.74) is 4.06. The minimum absolute atomic E-state index is 0.201. The van der Waals surface area contributed by atoms with Crippen molar-refractivity contribution >= 4 is 27.5 Å². The first-order chi connectivity index (χ1) is 12.7. The molecule has 1 saturated heterocycles. The van der Waals surface area contributed by atoms with E-state index in [1.165, 1.54) is 16.8 Å². The van der Waals surface area contributed by atoms with E-state index < -0.39 is 0 Å². The molecule has 4 heteroatoms. The van der Waals surface area contributed by atoms with Crippen molar-refractivity contribution in [3.8, 4) is 0 Å². The van der Waals surface area contributed by atoms with Gasteiger partial charge in [0, 0.05) is 36.2 Å². The minimum atomic E-state index is 0.201. The van der Waals surface area contributed by atoms with Crippen LogP contribution in [0.4, 0.5) is 5.69 Å². The van der Waals surface area contributed by atoms with Crippen LogP contribution in [-0.4, -0.2) is 25.5 Å². The highest BCUT2D eigenvalue weighted by atomic mass is 79.9. The number of aryl methyl sites for hydroxylation is 1. The Kier molecular flexibility index (Phi) is 5.30. The fraction of sp³-hybridized carbons (Fsp3) is 0.409. The molecule has 0 saturated carbocycles. The fourth-order valence-corrected chi connectivity index (χ4v) is 4.71. The number of nitrogens with one attached hydrogen (secondary N) is 1. The summed E-state index contributed by atoms with van der Waals surface area (Å²) in [5, 5.41) is 3.19. The van der Waals surface area contributed by atoms with Crippen molar-refractivity contribution in [1.82, 2.24) is 5.32 Å². The Morgan fingerprint density at radius 1 is 1.15 bits per heavy atom. The van der Waals surface area contributed by atoms with Crippen LogP contribution < -0.4 is 10.2 Å². The topological polar surface area (TPSA) is 32.3 Å². The molecule has 4 rings (SSSR count). The molecule has 1 amide bonds. The molecule has 1 fully saturated rings. The first-order valence-corrected chi connectivity index (χ1v) is 10.3. The molecule has 0 aromatic heterocycles. The van der Waals surface area contributed by atoms with Crippen molar-refractivity contribution in [2.24, 2.45) is 5.92 Å². The Balaban J connectivity index is 1.25. The molecule has 2 aromatic rings. The van der Waals surface area contributed by atoms with Gasteiger partial charge < -0.3 is 10.2 Å². The Labute approximate surface area is 163 Å². The van der Waals surface area contributed by atoms with Gasteiger partial charge in [-0.2, -0.15) is 0 Å². The maximum atomic E-state index is 12.4. The first-order valence-electron chi connectivity index (χ1n) is 9.54. The number of carbonyl (C=O) groups is 1. The third-order valence-electron chi connectivity index (χ3n) is 5.74. The number of fused-ring (bicyclic) bond motifs is 1. The number of nitrogens with zero attached hydrogens (tertiary/aromatic N) is 1. The van der Waals surface area contributed by atoms with Crippen molar-refractivity contribution in [1.29, 1.82) is 0 Å². The first kappa shape index (κ1) is 17.6. The summed E-state index contributed by atoms with van der Waals surface area (Å²) in [7, 11) is 0. The van der Waals surface area contributed by atoms with Gasteiger partial charge in [0.05, 0.1) is 0 Å². The monoisotopic (exact) mass is 412 g/mol. The third kappa shape index (κ3) is 3.96. The van der Waals surface area contributed by atoms with Crippen LogP contribution in [0.15, 0.2) is 53.0 Å². The highest BCUT2D eigenvalue weighted by Crippen LogP contribution is 2.35. The van der Waals surface area contributed by atoms with Crippen molar-refractivity contribution < 1.29 is 4.79 Å². The molecule has 0 radical (unpaired) electrons. The number of rotatable bonds is 5. The molecule has 1 N–H and O–H groups in total. The molecule has 26 heavy (non-hydrogen) atoms. The van der Waals surface area contributed by atoms with E-state index in [-0.39, 0.29) is 5.91 Å². The summed E-state index contributed by atoms with van der Waals surface area (Å²) in [6.45, 7) is 2.87. The van der Waals surface area contributed by atoms with Crippen LogP contribution in [0.5, 0.6) is 0 Å². The number of halogens is 1. The van der Waals surface area contributed by atoms with Gasteiger partial charge in [-0.1, -0.05) is 46.3 Å². The van der Waals surface area contributed by atoms with E-state index in [0.717, 1.165) is 43.4 Å². The van der Waals surface area contributed by atoms with Gasteiger partial charge in [-0.15, -0.1) is 0 Å². The zero-order valence-corrected chi connectivity index (χ0v) is 16.5. The fourth-order valence-electron chi connectivity index (χ4n) is 4.32.